The number of anilines is 1. The van der Waals surface area contributed by atoms with Gasteiger partial charge in [-0.05, 0) is 44.0 Å². The molecule has 0 aliphatic heterocycles. The number of hydrogen-bond acceptors (Lipinski definition) is 6. The molecule has 0 fully saturated rings. The SMILES string of the molecule is Cc1noc(C)c1CCC(=O)OCC(=O)N(/N=C\c1ccccc1)c1cccc(C(F)(F)F)c1. The van der Waals surface area contributed by atoms with Crippen LogP contribution in [0.1, 0.15) is 34.6 Å². The maximum Gasteiger partial charge on any atom is 0.416 e. The molecule has 3 aromatic rings. The van der Waals surface area contributed by atoms with Crippen LogP contribution >= 0.6 is 0 Å². The van der Waals surface area contributed by atoms with E-state index in [2.05, 4.69) is 10.3 Å². The summed E-state index contributed by atoms with van der Waals surface area (Å²) in [5, 5.41) is 8.65. The predicted octanol–water partition coefficient (Wildman–Crippen LogP) is 4.85. The maximum absolute atomic E-state index is 13.2. The normalized spacial score (nSPS) is 11.6. The van der Waals surface area contributed by atoms with Gasteiger partial charge in [-0.15, -0.1) is 0 Å². The molecular weight excluding hydrogens is 451 g/mol. The Morgan fingerprint density at radius 2 is 1.85 bits per heavy atom. The molecule has 0 N–H and O–H groups in total. The van der Waals surface area contributed by atoms with Gasteiger partial charge in [-0.2, -0.15) is 23.3 Å². The Morgan fingerprint density at radius 1 is 1.12 bits per heavy atom. The van der Waals surface area contributed by atoms with Crippen LogP contribution in [0.25, 0.3) is 0 Å². The first kappa shape index (κ1) is 24.7. The van der Waals surface area contributed by atoms with Gasteiger partial charge < -0.3 is 9.26 Å². The van der Waals surface area contributed by atoms with E-state index in [-0.39, 0.29) is 12.1 Å². The number of hydrazone groups is 1. The summed E-state index contributed by atoms with van der Waals surface area (Å²) in [6.45, 7) is 2.78. The number of benzene rings is 2. The van der Waals surface area contributed by atoms with Gasteiger partial charge >= 0.3 is 12.1 Å². The minimum atomic E-state index is -4.60. The highest BCUT2D eigenvalue weighted by molar-refractivity contribution is 5.96. The van der Waals surface area contributed by atoms with Crippen LogP contribution in [0.15, 0.2) is 64.2 Å². The number of halogens is 3. The van der Waals surface area contributed by atoms with E-state index in [0.717, 1.165) is 22.7 Å². The van der Waals surface area contributed by atoms with Crippen molar-refractivity contribution in [3.05, 3.63) is 82.7 Å². The number of carbonyl (C=O) groups is 2. The van der Waals surface area contributed by atoms with Crippen molar-refractivity contribution in [2.45, 2.75) is 32.9 Å². The fraction of sp³-hybridized carbons (Fsp3) is 0.250. The monoisotopic (exact) mass is 473 g/mol. The maximum atomic E-state index is 13.2. The number of aromatic nitrogens is 1. The van der Waals surface area contributed by atoms with Gasteiger partial charge in [0.15, 0.2) is 6.61 Å². The van der Waals surface area contributed by atoms with Crippen molar-refractivity contribution in [3.8, 4) is 0 Å². The molecule has 1 aromatic heterocycles. The summed E-state index contributed by atoms with van der Waals surface area (Å²) in [5.41, 5.74) is 1.02. The summed E-state index contributed by atoms with van der Waals surface area (Å²) in [7, 11) is 0. The topological polar surface area (TPSA) is 85.0 Å². The molecule has 34 heavy (non-hydrogen) atoms. The molecule has 2 aromatic carbocycles. The summed E-state index contributed by atoms with van der Waals surface area (Å²) < 4.78 is 49.6. The first-order valence-electron chi connectivity index (χ1n) is 10.3. The molecule has 1 amide bonds. The fourth-order valence-electron chi connectivity index (χ4n) is 3.11. The average Bonchev–Trinajstić information content (AvgIpc) is 3.13. The Labute approximate surface area is 193 Å². The molecule has 7 nitrogen and oxygen atoms in total. The highest BCUT2D eigenvalue weighted by atomic mass is 19.4. The molecule has 0 radical (unpaired) electrons. The summed E-state index contributed by atoms with van der Waals surface area (Å²) in [6.07, 6.45) is -2.97. The molecular formula is C24H22F3N3O4. The van der Waals surface area contributed by atoms with E-state index in [4.69, 9.17) is 9.26 Å². The van der Waals surface area contributed by atoms with Crippen molar-refractivity contribution in [2.24, 2.45) is 5.10 Å². The predicted molar refractivity (Wildman–Crippen MR) is 118 cm³/mol. The second-order valence-corrected chi connectivity index (χ2v) is 7.37. The Bertz CT molecular complexity index is 1150. The van der Waals surface area contributed by atoms with E-state index in [1.807, 2.05) is 0 Å². The molecule has 0 spiro atoms. The van der Waals surface area contributed by atoms with E-state index in [0.29, 0.717) is 23.4 Å². The highest BCUT2D eigenvalue weighted by Gasteiger charge is 2.31. The van der Waals surface area contributed by atoms with Crippen LogP contribution in [0.4, 0.5) is 18.9 Å². The van der Waals surface area contributed by atoms with Gasteiger partial charge in [0.1, 0.15) is 5.76 Å². The molecule has 0 bridgehead atoms. The van der Waals surface area contributed by atoms with Crippen molar-refractivity contribution >= 4 is 23.8 Å². The molecule has 0 atom stereocenters. The molecule has 0 saturated carbocycles. The number of carbonyl (C=O) groups excluding carboxylic acids is 2. The molecule has 1 heterocycles. The van der Waals surface area contributed by atoms with Crippen molar-refractivity contribution in [2.75, 3.05) is 11.6 Å². The van der Waals surface area contributed by atoms with Crippen LogP contribution < -0.4 is 5.01 Å². The number of nitrogens with zero attached hydrogens (tertiary/aromatic N) is 3. The van der Waals surface area contributed by atoms with Gasteiger partial charge in [-0.1, -0.05) is 41.6 Å². The van der Waals surface area contributed by atoms with Crippen molar-refractivity contribution in [1.29, 1.82) is 0 Å². The first-order valence-corrected chi connectivity index (χ1v) is 10.3. The molecule has 0 aliphatic carbocycles. The average molecular weight is 473 g/mol. The van der Waals surface area contributed by atoms with Gasteiger partial charge in [0, 0.05) is 12.0 Å². The number of ether oxygens (including phenoxy) is 1. The van der Waals surface area contributed by atoms with E-state index < -0.39 is 30.2 Å². The Morgan fingerprint density at radius 3 is 2.50 bits per heavy atom. The highest BCUT2D eigenvalue weighted by Crippen LogP contribution is 2.31. The number of amides is 1. The Balaban J connectivity index is 1.73. The van der Waals surface area contributed by atoms with Crippen LogP contribution in [0.2, 0.25) is 0 Å². The third-order valence-corrected chi connectivity index (χ3v) is 4.89. The summed E-state index contributed by atoms with van der Waals surface area (Å²) in [6, 6.07) is 12.9. The number of esters is 1. The van der Waals surface area contributed by atoms with Crippen LogP contribution in [0.3, 0.4) is 0 Å². The minimum absolute atomic E-state index is 0.0208. The molecule has 10 heteroatoms. The van der Waals surface area contributed by atoms with Gasteiger partial charge in [0.05, 0.1) is 23.2 Å². The lowest BCUT2D eigenvalue weighted by molar-refractivity contribution is -0.147. The Hall–Kier alpha value is -3.95. The zero-order valence-electron chi connectivity index (χ0n) is 18.5. The summed E-state index contributed by atoms with van der Waals surface area (Å²) in [4.78, 5) is 25.0. The summed E-state index contributed by atoms with van der Waals surface area (Å²) in [5.74, 6) is -0.867. The number of aryl methyl sites for hydroxylation is 2. The van der Waals surface area contributed by atoms with Crippen molar-refractivity contribution < 1.29 is 32.0 Å². The Kier molecular flexibility index (Phi) is 7.83. The molecule has 3 rings (SSSR count). The number of rotatable bonds is 8. The lowest BCUT2D eigenvalue weighted by atomic mass is 10.1. The van der Waals surface area contributed by atoms with E-state index in [9.17, 15) is 22.8 Å². The zero-order chi connectivity index (χ0) is 24.7. The lowest BCUT2D eigenvalue weighted by Crippen LogP contribution is -2.31. The van der Waals surface area contributed by atoms with Crippen LogP contribution in [0, 0.1) is 13.8 Å². The van der Waals surface area contributed by atoms with Crippen LogP contribution in [-0.4, -0.2) is 29.9 Å². The quantitative estimate of drug-likeness (QED) is 0.265. The fourth-order valence-corrected chi connectivity index (χ4v) is 3.11. The molecule has 0 saturated heterocycles. The third-order valence-electron chi connectivity index (χ3n) is 4.89. The first-order chi connectivity index (χ1) is 16.1. The second kappa shape index (κ2) is 10.8. The second-order valence-electron chi connectivity index (χ2n) is 7.37. The standard InChI is InChI=1S/C24H22F3N3O4/c1-16-21(17(2)34-29-16)11-12-23(32)33-15-22(31)30(28-14-18-7-4-3-5-8-18)20-10-6-9-19(13-20)24(25,26)27/h3-10,13-14H,11-12,15H2,1-2H3/b28-14-. The van der Waals surface area contributed by atoms with Gasteiger partial charge in [0.25, 0.3) is 5.91 Å². The van der Waals surface area contributed by atoms with E-state index in [1.54, 1.807) is 44.2 Å². The van der Waals surface area contributed by atoms with E-state index in [1.165, 1.54) is 18.3 Å². The van der Waals surface area contributed by atoms with Gasteiger partial charge in [0.2, 0.25) is 0 Å². The van der Waals surface area contributed by atoms with Gasteiger partial charge in [-0.25, -0.2) is 0 Å². The largest absolute Gasteiger partial charge is 0.455 e. The van der Waals surface area contributed by atoms with Crippen molar-refractivity contribution in [3.63, 3.8) is 0 Å². The number of hydrogen-bond donors (Lipinski definition) is 0. The molecule has 0 aliphatic rings. The lowest BCUT2D eigenvalue weighted by Gasteiger charge is -2.18. The van der Waals surface area contributed by atoms with Gasteiger partial charge in [-0.3, -0.25) is 9.59 Å². The number of alkyl halides is 3. The van der Waals surface area contributed by atoms with Crippen LogP contribution in [0.5, 0.6) is 0 Å². The molecule has 0 unspecified atom stereocenters. The molecule has 178 valence electrons. The third kappa shape index (κ3) is 6.53. The zero-order valence-corrected chi connectivity index (χ0v) is 18.5. The van der Waals surface area contributed by atoms with Crippen molar-refractivity contribution in [1.82, 2.24) is 5.16 Å². The summed E-state index contributed by atoms with van der Waals surface area (Å²) >= 11 is 0. The van der Waals surface area contributed by atoms with Crippen LogP contribution in [-0.2, 0) is 26.9 Å². The minimum Gasteiger partial charge on any atom is -0.455 e. The smallest absolute Gasteiger partial charge is 0.416 e. The van der Waals surface area contributed by atoms with E-state index >= 15 is 0 Å².